The normalized spacial score (nSPS) is 36.6. The lowest BCUT2D eigenvalue weighted by Crippen LogP contribution is -2.67. The summed E-state index contributed by atoms with van der Waals surface area (Å²) in [6.45, 7) is 1.69. The van der Waals surface area contributed by atoms with Crippen molar-refractivity contribution < 1.29 is 25.2 Å². The summed E-state index contributed by atoms with van der Waals surface area (Å²) < 4.78 is 0. The summed E-state index contributed by atoms with van der Waals surface area (Å²) in [5, 5.41) is 46.9. The van der Waals surface area contributed by atoms with Gasteiger partial charge in [0.15, 0.2) is 11.4 Å². The van der Waals surface area contributed by atoms with Gasteiger partial charge in [0.1, 0.15) is 5.75 Å². The lowest BCUT2D eigenvalue weighted by atomic mass is 9.51. The first-order valence-corrected chi connectivity index (χ1v) is 12.9. The second-order valence-corrected chi connectivity index (χ2v) is 11.3. The van der Waals surface area contributed by atoms with E-state index in [9.17, 15) is 25.2 Å². The zero-order valence-electron chi connectivity index (χ0n) is 21.3. The summed E-state index contributed by atoms with van der Waals surface area (Å²) in [5.41, 5.74) is -0.0174. The molecule has 0 spiro atoms. The molecule has 5 aliphatic carbocycles. The summed E-state index contributed by atoms with van der Waals surface area (Å²) in [5.74, 6) is -1.98. The zero-order chi connectivity index (χ0) is 26.3. The number of benzene rings is 1. The van der Waals surface area contributed by atoms with E-state index in [4.69, 9.17) is 0 Å². The Morgan fingerprint density at radius 3 is 2.32 bits per heavy atom. The zero-order valence-corrected chi connectivity index (χ0v) is 21.3. The Morgan fingerprint density at radius 1 is 1.00 bits per heavy atom. The number of allylic oxidation sites excluding steroid dienone is 10. The van der Waals surface area contributed by atoms with Crippen molar-refractivity contribution in [3.63, 3.8) is 0 Å². The number of hydrogen-bond acceptors (Lipinski definition) is 6. The van der Waals surface area contributed by atoms with Crippen molar-refractivity contribution in [1.82, 2.24) is 4.90 Å². The molecular weight excluding hydrogens is 466 g/mol. The Bertz CT molecular complexity index is 1350. The Kier molecular flexibility index (Phi) is 5.41. The molecule has 6 heteroatoms. The molecule has 192 valence electrons. The first kappa shape index (κ1) is 24.3. The van der Waals surface area contributed by atoms with Gasteiger partial charge in [0.05, 0.1) is 11.7 Å². The number of ketones is 1. The third-order valence-corrected chi connectivity index (χ3v) is 9.16. The SMILES string of the molecule is CN(C)C1C(O)CC(=C2C=CC=C2)C2(O)C(=O)C3=C(C4C=CC=C4)c4c(O)cccc4C(C)(O)C3CC12. The summed E-state index contributed by atoms with van der Waals surface area (Å²) >= 11 is 0. The van der Waals surface area contributed by atoms with E-state index < -0.39 is 41.0 Å². The van der Waals surface area contributed by atoms with Gasteiger partial charge in [-0.3, -0.25) is 4.79 Å². The average Bonchev–Trinajstić information content (AvgIpc) is 3.56. The Balaban J connectivity index is 1.67. The van der Waals surface area contributed by atoms with Crippen molar-refractivity contribution in [3.05, 3.63) is 94.7 Å². The highest BCUT2D eigenvalue weighted by Gasteiger charge is 2.64. The molecule has 2 saturated carbocycles. The van der Waals surface area contributed by atoms with Crippen LogP contribution in [0.15, 0.2) is 83.5 Å². The quantitative estimate of drug-likeness (QED) is 0.499. The van der Waals surface area contributed by atoms with Crippen molar-refractivity contribution >= 4 is 11.4 Å². The molecule has 2 fully saturated rings. The third kappa shape index (κ3) is 3.23. The minimum absolute atomic E-state index is 0.000176. The van der Waals surface area contributed by atoms with E-state index in [1.54, 1.807) is 25.1 Å². The predicted octanol–water partition coefficient (Wildman–Crippen LogP) is 3.16. The van der Waals surface area contributed by atoms with E-state index in [-0.39, 0.29) is 18.1 Å². The molecule has 0 aromatic heterocycles. The van der Waals surface area contributed by atoms with Crippen molar-refractivity contribution in [1.29, 1.82) is 0 Å². The maximum absolute atomic E-state index is 14.8. The first-order valence-electron chi connectivity index (χ1n) is 12.9. The standard InChI is InChI=1S/C31H33NO5/c1-30(36)19-13-8-14-23(33)26(19)25(18-11-6-7-12-18)27-21(30)15-22-28(32(2)3)24(34)16-20(17-9-4-5-10-17)31(22,37)29(27)35/h4-14,18,21-22,24,28,33-34,36-37H,15-16H2,1-3H3. The number of Topliss-reactive ketones (excluding diaryl/α,β-unsaturated/α-hetero) is 1. The van der Waals surface area contributed by atoms with Crippen LogP contribution in [-0.2, 0) is 10.4 Å². The van der Waals surface area contributed by atoms with Gasteiger partial charge < -0.3 is 25.3 Å². The highest BCUT2D eigenvalue weighted by Crippen LogP contribution is 2.60. The molecule has 0 heterocycles. The molecule has 6 nitrogen and oxygen atoms in total. The van der Waals surface area contributed by atoms with Crippen LogP contribution in [-0.4, -0.2) is 63.0 Å². The molecule has 0 bridgehead atoms. The van der Waals surface area contributed by atoms with Gasteiger partial charge >= 0.3 is 0 Å². The Hall–Kier alpha value is -3.03. The second-order valence-electron chi connectivity index (χ2n) is 11.3. The van der Waals surface area contributed by atoms with Gasteiger partial charge in [-0.1, -0.05) is 60.7 Å². The van der Waals surface area contributed by atoms with E-state index in [0.717, 1.165) is 5.57 Å². The van der Waals surface area contributed by atoms with Gasteiger partial charge in [-0.05, 0) is 62.2 Å². The van der Waals surface area contributed by atoms with Crippen LogP contribution in [0.5, 0.6) is 5.75 Å². The number of aliphatic hydroxyl groups excluding tert-OH is 1. The molecule has 37 heavy (non-hydrogen) atoms. The first-order chi connectivity index (χ1) is 17.6. The summed E-state index contributed by atoms with van der Waals surface area (Å²) in [4.78, 5) is 16.7. The molecule has 0 saturated heterocycles. The maximum Gasteiger partial charge on any atom is 0.195 e. The Labute approximate surface area is 216 Å². The molecule has 4 N–H and O–H groups in total. The van der Waals surface area contributed by atoms with Gasteiger partial charge in [0, 0.05) is 34.9 Å². The number of aromatic hydroxyl groups is 1. The number of likely N-dealkylation sites (N-methyl/N-ethyl adjacent to an activating group) is 1. The molecule has 1 aromatic carbocycles. The smallest absolute Gasteiger partial charge is 0.195 e. The van der Waals surface area contributed by atoms with Gasteiger partial charge in [0.2, 0.25) is 0 Å². The Morgan fingerprint density at radius 2 is 1.68 bits per heavy atom. The predicted molar refractivity (Wildman–Crippen MR) is 141 cm³/mol. The average molecular weight is 500 g/mol. The minimum Gasteiger partial charge on any atom is -0.507 e. The fraction of sp³-hybridized carbons (Fsp3) is 0.387. The number of nitrogens with zero attached hydrogens (tertiary/aromatic N) is 1. The van der Waals surface area contributed by atoms with Crippen LogP contribution in [0, 0.1) is 17.8 Å². The van der Waals surface area contributed by atoms with Crippen LogP contribution in [0.4, 0.5) is 0 Å². The highest BCUT2D eigenvalue weighted by atomic mass is 16.3. The van der Waals surface area contributed by atoms with Gasteiger partial charge in [-0.2, -0.15) is 0 Å². The molecular formula is C31H33NO5. The topological polar surface area (TPSA) is 101 Å². The molecule has 6 unspecified atom stereocenters. The maximum atomic E-state index is 14.8. The summed E-state index contributed by atoms with van der Waals surface area (Å²) in [6, 6.07) is 4.61. The number of hydrogen-bond donors (Lipinski definition) is 4. The van der Waals surface area contributed by atoms with Crippen LogP contribution in [0.3, 0.4) is 0 Å². The van der Waals surface area contributed by atoms with Crippen molar-refractivity contribution in [2.45, 2.75) is 43.1 Å². The monoisotopic (exact) mass is 499 g/mol. The van der Waals surface area contributed by atoms with Crippen molar-refractivity contribution in [2.24, 2.45) is 17.8 Å². The van der Waals surface area contributed by atoms with Crippen LogP contribution < -0.4 is 0 Å². The third-order valence-electron chi connectivity index (χ3n) is 9.16. The highest BCUT2D eigenvalue weighted by molar-refractivity contribution is 6.13. The molecule has 5 aliphatic rings. The van der Waals surface area contributed by atoms with Crippen LogP contribution in [0.1, 0.15) is 30.9 Å². The van der Waals surface area contributed by atoms with E-state index in [2.05, 4.69) is 0 Å². The number of phenols is 1. The number of carbonyl (C=O) groups excluding carboxylic acids is 1. The van der Waals surface area contributed by atoms with Gasteiger partial charge in [0.25, 0.3) is 0 Å². The van der Waals surface area contributed by atoms with Crippen LogP contribution in [0.2, 0.25) is 0 Å². The fourth-order valence-electron chi connectivity index (χ4n) is 7.55. The summed E-state index contributed by atoms with van der Waals surface area (Å²) in [7, 11) is 3.70. The molecule has 6 atom stereocenters. The number of carbonyl (C=O) groups is 1. The number of fused-ring (bicyclic) bond motifs is 3. The van der Waals surface area contributed by atoms with E-state index in [0.29, 0.717) is 34.3 Å². The second kappa shape index (κ2) is 8.23. The largest absolute Gasteiger partial charge is 0.507 e. The van der Waals surface area contributed by atoms with Crippen molar-refractivity contribution in [3.8, 4) is 5.75 Å². The van der Waals surface area contributed by atoms with Crippen LogP contribution in [0.25, 0.3) is 5.57 Å². The van der Waals surface area contributed by atoms with Gasteiger partial charge in [-0.25, -0.2) is 0 Å². The van der Waals surface area contributed by atoms with Crippen LogP contribution >= 0.6 is 0 Å². The number of phenolic OH excluding ortho intramolecular Hbond substituents is 1. The molecule has 0 radical (unpaired) electrons. The fourth-order valence-corrected chi connectivity index (χ4v) is 7.55. The van der Waals surface area contributed by atoms with E-state index >= 15 is 0 Å². The molecule has 6 rings (SSSR count). The lowest BCUT2D eigenvalue weighted by molar-refractivity contribution is -0.158. The van der Waals surface area contributed by atoms with E-state index in [1.807, 2.05) is 67.6 Å². The minimum atomic E-state index is -1.86. The lowest BCUT2D eigenvalue weighted by Gasteiger charge is -2.57. The molecule has 0 aliphatic heterocycles. The molecule has 1 aromatic rings. The molecule has 0 amide bonds. The number of aliphatic hydroxyl groups is 3. The van der Waals surface area contributed by atoms with E-state index in [1.165, 1.54) is 0 Å². The van der Waals surface area contributed by atoms with Gasteiger partial charge in [-0.15, -0.1) is 0 Å². The summed E-state index contributed by atoms with van der Waals surface area (Å²) in [6.07, 6.45) is 14.9. The van der Waals surface area contributed by atoms with Crippen molar-refractivity contribution in [2.75, 3.05) is 14.1 Å². The number of rotatable bonds is 2.